The Hall–Kier alpha value is -3.57. The summed E-state index contributed by atoms with van der Waals surface area (Å²) in [6, 6.07) is 11.0. The van der Waals surface area contributed by atoms with Gasteiger partial charge in [0.15, 0.2) is 0 Å². The Morgan fingerprint density at radius 1 is 1.03 bits per heavy atom. The van der Waals surface area contributed by atoms with Crippen LogP contribution < -0.4 is 10.6 Å². The third-order valence-electron chi connectivity index (χ3n) is 6.90. The van der Waals surface area contributed by atoms with E-state index in [1.165, 1.54) is 6.07 Å². The average Bonchev–Trinajstić information content (AvgIpc) is 3.24. The zero-order valence-corrected chi connectivity index (χ0v) is 21.7. The molecular weight excluding hydrogens is 527 g/mol. The molecule has 2 aromatic heterocycles. The Balaban J connectivity index is 1.16. The van der Waals surface area contributed by atoms with Crippen LogP contribution in [0.5, 0.6) is 0 Å². The van der Waals surface area contributed by atoms with Gasteiger partial charge in [-0.1, -0.05) is 18.2 Å². The number of hydrogen-bond acceptors (Lipinski definition) is 7. The first-order chi connectivity index (χ1) is 18.7. The normalized spacial score (nSPS) is 20.8. The molecule has 1 saturated carbocycles. The highest BCUT2D eigenvalue weighted by Crippen LogP contribution is 2.33. The minimum absolute atomic E-state index is 0.295. The van der Waals surface area contributed by atoms with Gasteiger partial charge in [-0.25, -0.2) is 9.97 Å². The van der Waals surface area contributed by atoms with E-state index in [0.717, 1.165) is 61.6 Å². The number of imide groups is 1. The SMILES string of the molecule is O=C1NC(=O)/C(=C/c2ccnc(CC3CCC(NCc4cccnc4-c4cccc(C(F)(F)F)c4)CC3)n2)S1. The Kier molecular flexibility index (Phi) is 8.08. The molecular formula is C28H26F3N5O2S. The van der Waals surface area contributed by atoms with E-state index in [-0.39, 0.29) is 5.24 Å². The quantitative estimate of drug-likeness (QED) is 0.359. The molecule has 0 bridgehead atoms. The molecule has 11 heteroatoms. The van der Waals surface area contributed by atoms with Crippen LogP contribution in [0.1, 0.15) is 48.3 Å². The molecule has 3 heterocycles. The zero-order chi connectivity index (χ0) is 27.4. The number of nitrogens with zero attached hydrogens (tertiary/aromatic N) is 3. The van der Waals surface area contributed by atoms with Crippen molar-refractivity contribution in [1.82, 2.24) is 25.6 Å². The molecule has 2 N–H and O–H groups in total. The fraction of sp³-hybridized carbons (Fsp3) is 0.321. The van der Waals surface area contributed by atoms with E-state index in [1.807, 2.05) is 6.07 Å². The first-order valence-corrected chi connectivity index (χ1v) is 13.5. The number of nitrogens with one attached hydrogen (secondary N) is 2. The summed E-state index contributed by atoms with van der Waals surface area (Å²) in [5.41, 5.74) is 1.76. The van der Waals surface area contributed by atoms with Crippen molar-refractivity contribution in [3.63, 3.8) is 0 Å². The van der Waals surface area contributed by atoms with Crippen LogP contribution in [0.15, 0.2) is 59.8 Å². The summed E-state index contributed by atoms with van der Waals surface area (Å²) in [5, 5.41) is 5.41. The Labute approximate surface area is 227 Å². The van der Waals surface area contributed by atoms with Crippen molar-refractivity contribution in [2.45, 2.75) is 50.9 Å². The number of aromatic nitrogens is 3. The standard InChI is InChI=1S/C28H26F3N5O2S/c29-28(30,31)20-5-1-3-18(14-20)25-19(4-2-11-33-25)16-34-21-8-6-17(7-9-21)13-24-32-12-10-22(35-24)15-23-26(37)36-27(38)39-23/h1-5,10-12,14-15,17,21,34H,6-9,13,16H2,(H,36,37,38)/b23-15-. The molecule has 3 aromatic rings. The van der Waals surface area contributed by atoms with Gasteiger partial charge < -0.3 is 5.32 Å². The smallest absolute Gasteiger partial charge is 0.310 e. The first-order valence-electron chi connectivity index (χ1n) is 12.7. The van der Waals surface area contributed by atoms with E-state index in [9.17, 15) is 22.8 Å². The molecule has 1 aromatic carbocycles. The minimum atomic E-state index is -4.41. The summed E-state index contributed by atoms with van der Waals surface area (Å²) < 4.78 is 39.6. The highest BCUT2D eigenvalue weighted by molar-refractivity contribution is 8.18. The van der Waals surface area contributed by atoms with Crippen LogP contribution in [0, 0.1) is 5.92 Å². The summed E-state index contributed by atoms with van der Waals surface area (Å²) in [5.74, 6) is 0.719. The molecule has 202 valence electrons. The monoisotopic (exact) mass is 553 g/mol. The van der Waals surface area contributed by atoms with E-state index in [2.05, 4.69) is 25.6 Å². The maximum Gasteiger partial charge on any atom is 0.416 e. The van der Waals surface area contributed by atoms with Crippen molar-refractivity contribution in [2.24, 2.45) is 5.92 Å². The van der Waals surface area contributed by atoms with Gasteiger partial charge in [-0.2, -0.15) is 13.2 Å². The van der Waals surface area contributed by atoms with Gasteiger partial charge in [0.25, 0.3) is 11.1 Å². The van der Waals surface area contributed by atoms with Crippen molar-refractivity contribution in [3.05, 3.63) is 82.4 Å². The van der Waals surface area contributed by atoms with E-state index >= 15 is 0 Å². The van der Waals surface area contributed by atoms with Crippen molar-refractivity contribution in [2.75, 3.05) is 0 Å². The van der Waals surface area contributed by atoms with E-state index in [0.29, 0.717) is 46.2 Å². The van der Waals surface area contributed by atoms with Gasteiger partial charge in [0.1, 0.15) is 5.82 Å². The van der Waals surface area contributed by atoms with Gasteiger partial charge in [0.05, 0.1) is 21.9 Å². The van der Waals surface area contributed by atoms with Gasteiger partial charge in [-0.15, -0.1) is 0 Å². The number of carbonyl (C=O) groups is 2. The van der Waals surface area contributed by atoms with Crippen LogP contribution in [-0.2, 0) is 23.9 Å². The summed E-state index contributed by atoms with van der Waals surface area (Å²) in [6.07, 6.45) is 5.10. The molecule has 2 aliphatic rings. The summed E-state index contributed by atoms with van der Waals surface area (Å²) >= 11 is 0.859. The summed E-state index contributed by atoms with van der Waals surface area (Å²) in [7, 11) is 0. The molecule has 7 nitrogen and oxygen atoms in total. The second-order valence-corrected chi connectivity index (χ2v) is 10.7. The third kappa shape index (κ3) is 6.90. The number of hydrogen-bond donors (Lipinski definition) is 2. The summed E-state index contributed by atoms with van der Waals surface area (Å²) in [4.78, 5) is 36.8. The van der Waals surface area contributed by atoms with Crippen molar-refractivity contribution in [1.29, 1.82) is 0 Å². The van der Waals surface area contributed by atoms with Crippen LogP contribution in [0.4, 0.5) is 18.0 Å². The molecule has 39 heavy (non-hydrogen) atoms. The molecule has 1 aliphatic carbocycles. The van der Waals surface area contributed by atoms with E-state index < -0.39 is 17.6 Å². The molecule has 0 atom stereocenters. The predicted molar refractivity (Wildman–Crippen MR) is 142 cm³/mol. The minimum Gasteiger partial charge on any atom is -0.310 e. The van der Waals surface area contributed by atoms with Crippen LogP contribution >= 0.6 is 11.8 Å². The Morgan fingerprint density at radius 2 is 1.85 bits per heavy atom. The molecule has 0 spiro atoms. The van der Waals surface area contributed by atoms with Crippen LogP contribution in [0.3, 0.4) is 0 Å². The topological polar surface area (TPSA) is 96.9 Å². The molecule has 0 unspecified atom stereocenters. The maximum atomic E-state index is 13.2. The van der Waals surface area contributed by atoms with E-state index in [1.54, 1.807) is 36.7 Å². The van der Waals surface area contributed by atoms with Gasteiger partial charge in [0.2, 0.25) is 0 Å². The lowest BCUT2D eigenvalue weighted by Gasteiger charge is -2.29. The number of amides is 2. The van der Waals surface area contributed by atoms with Crippen LogP contribution in [0.25, 0.3) is 17.3 Å². The van der Waals surface area contributed by atoms with Gasteiger partial charge in [0, 0.05) is 37.0 Å². The lowest BCUT2D eigenvalue weighted by molar-refractivity contribution is -0.137. The molecule has 5 rings (SSSR count). The fourth-order valence-electron chi connectivity index (χ4n) is 4.92. The largest absolute Gasteiger partial charge is 0.416 e. The number of rotatable bonds is 7. The number of carbonyl (C=O) groups excluding carboxylic acids is 2. The molecule has 1 saturated heterocycles. The Morgan fingerprint density at radius 3 is 2.59 bits per heavy atom. The van der Waals surface area contributed by atoms with Gasteiger partial charge in [-0.05, 0) is 79.3 Å². The predicted octanol–water partition coefficient (Wildman–Crippen LogP) is 5.77. The second kappa shape index (κ2) is 11.7. The zero-order valence-electron chi connectivity index (χ0n) is 20.9. The molecule has 0 radical (unpaired) electrons. The number of pyridine rings is 1. The highest BCUT2D eigenvalue weighted by Gasteiger charge is 2.31. The lowest BCUT2D eigenvalue weighted by Crippen LogP contribution is -2.33. The summed E-state index contributed by atoms with van der Waals surface area (Å²) in [6.45, 7) is 0.517. The number of thioether (sulfide) groups is 1. The molecule has 2 amide bonds. The van der Waals surface area contributed by atoms with Gasteiger partial charge in [-0.3, -0.25) is 19.9 Å². The van der Waals surface area contributed by atoms with Crippen molar-refractivity contribution in [3.8, 4) is 11.3 Å². The van der Waals surface area contributed by atoms with Crippen LogP contribution in [0.2, 0.25) is 0 Å². The van der Waals surface area contributed by atoms with Crippen LogP contribution in [-0.4, -0.2) is 32.1 Å². The lowest BCUT2D eigenvalue weighted by atomic mass is 9.84. The van der Waals surface area contributed by atoms with E-state index in [4.69, 9.17) is 0 Å². The number of alkyl halides is 3. The molecule has 1 aliphatic heterocycles. The Bertz CT molecular complexity index is 1400. The second-order valence-electron chi connectivity index (χ2n) is 9.64. The van der Waals surface area contributed by atoms with Gasteiger partial charge >= 0.3 is 6.18 Å². The highest BCUT2D eigenvalue weighted by atomic mass is 32.2. The third-order valence-corrected chi connectivity index (χ3v) is 7.71. The van der Waals surface area contributed by atoms with Crippen molar-refractivity contribution < 1.29 is 22.8 Å². The first kappa shape index (κ1) is 27.0. The fourth-order valence-corrected chi connectivity index (χ4v) is 5.58. The number of halogens is 3. The van der Waals surface area contributed by atoms with Crippen molar-refractivity contribution >= 4 is 29.0 Å². The molecule has 2 fully saturated rings. The number of benzene rings is 1. The average molecular weight is 554 g/mol. The maximum absolute atomic E-state index is 13.2.